The molecule has 4 N–H and O–H groups in total. The summed E-state index contributed by atoms with van der Waals surface area (Å²) in [7, 11) is 1.45. The standard InChI is InChI=1S/C30H46O9/c1-16-23(32)25(36-4)24(33)26(38-16)39-18-5-9-27(2)20-6-10-28(3)19(17-13-22(31)37-15-17)8-12-30(28,35)21(20)7-11-29(27,34)14-18/h13,16,18-21,23-26,32-35H,5-12,14-15H2,1-4H3/t16-,18+,19-,20+,21-,23+,24-,25+,26+,27-,28-,29+,30+/m1/s1. The van der Waals surface area contributed by atoms with Gasteiger partial charge >= 0.3 is 5.97 Å². The van der Waals surface area contributed by atoms with Crippen LogP contribution in [0.25, 0.3) is 0 Å². The lowest BCUT2D eigenvalue weighted by Crippen LogP contribution is -2.67. The smallest absolute Gasteiger partial charge is 0.331 e. The Kier molecular flexibility index (Phi) is 6.82. The number of methoxy groups -OCH3 is 1. The molecule has 0 unspecified atom stereocenters. The van der Waals surface area contributed by atoms with Crippen LogP contribution in [0.4, 0.5) is 0 Å². The SMILES string of the molecule is CO[C@H]1[C@@H](O)[C@@H](C)O[C@@H](O[C@H]2CC[C@]3(C)[C@H]4CC[C@]5(C)[C@@H](C6=CC(=O)OC6)CC[C@]5(O)[C@@H]4CC[C@]3(O)C2)[C@@H]1O. The second-order valence-electron chi connectivity index (χ2n) is 13.9. The van der Waals surface area contributed by atoms with Gasteiger partial charge in [-0.2, -0.15) is 0 Å². The van der Waals surface area contributed by atoms with Crippen LogP contribution in [-0.2, 0) is 23.7 Å². The van der Waals surface area contributed by atoms with Gasteiger partial charge in [0.25, 0.3) is 0 Å². The van der Waals surface area contributed by atoms with E-state index in [-0.39, 0.29) is 40.7 Å². The molecule has 0 aromatic heterocycles. The maximum atomic E-state index is 12.4. The summed E-state index contributed by atoms with van der Waals surface area (Å²) >= 11 is 0. The number of rotatable bonds is 4. The van der Waals surface area contributed by atoms with Crippen LogP contribution in [0.2, 0.25) is 0 Å². The monoisotopic (exact) mass is 550 g/mol. The molecule has 0 aromatic carbocycles. The fourth-order valence-electron chi connectivity index (χ4n) is 10.1. The highest BCUT2D eigenvalue weighted by atomic mass is 16.7. The average molecular weight is 551 g/mol. The minimum atomic E-state index is -1.13. The van der Waals surface area contributed by atoms with Crippen LogP contribution < -0.4 is 0 Å². The van der Waals surface area contributed by atoms with Crippen LogP contribution in [0, 0.1) is 28.6 Å². The second kappa shape index (κ2) is 9.48. The Labute approximate surface area is 230 Å². The Morgan fingerprint density at radius 3 is 2.36 bits per heavy atom. The quantitative estimate of drug-likeness (QED) is 0.307. The Hall–Kier alpha value is -1.07. The van der Waals surface area contributed by atoms with Crippen LogP contribution in [0.1, 0.15) is 78.6 Å². The van der Waals surface area contributed by atoms with Crippen molar-refractivity contribution in [2.24, 2.45) is 28.6 Å². The van der Waals surface area contributed by atoms with E-state index in [0.717, 1.165) is 37.7 Å². The van der Waals surface area contributed by atoms with Gasteiger partial charge in [-0.25, -0.2) is 4.79 Å². The number of carbonyl (C=O) groups is 1. The molecule has 4 saturated carbocycles. The first kappa shape index (κ1) is 28.1. The van der Waals surface area contributed by atoms with Crippen LogP contribution in [0.3, 0.4) is 0 Å². The average Bonchev–Trinajstić information content (AvgIpc) is 3.43. The third-order valence-corrected chi connectivity index (χ3v) is 12.5. The lowest BCUT2D eigenvalue weighted by molar-refractivity contribution is -0.321. The number of esters is 1. The molecule has 4 aliphatic carbocycles. The Bertz CT molecular complexity index is 1020. The Morgan fingerprint density at radius 2 is 1.67 bits per heavy atom. The Balaban J connectivity index is 1.19. The molecule has 39 heavy (non-hydrogen) atoms. The zero-order chi connectivity index (χ0) is 28.0. The van der Waals surface area contributed by atoms with E-state index in [1.54, 1.807) is 13.0 Å². The van der Waals surface area contributed by atoms with Gasteiger partial charge in [0, 0.05) is 25.0 Å². The molecule has 6 rings (SSSR count). The maximum absolute atomic E-state index is 12.4. The van der Waals surface area contributed by atoms with E-state index in [1.807, 2.05) is 0 Å². The zero-order valence-electron chi connectivity index (χ0n) is 23.7. The van der Waals surface area contributed by atoms with E-state index in [0.29, 0.717) is 32.3 Å². The second-order valence-corrected chi connectivity index (χ2v) is 13.9. The predicted octanol–water partition coefficient (Wildman–Crippen LogP) is 2.23. The van der Waals surface area contributed by atoms with Gasteiger partial charge in [0.15, 0.2) is 6.29 Å². The van der Waals surface area contributed by atoms with Gasteiger partial charge in [0.2, 0.25) is 0 Å². The molecule has 0 bridgehead atoms. The predicted molar refractivity (Wildman–Crippen MR) is 139 cm³/mol. The third-order valence-electron chi connectivity index (χ3n) is 12.5. The van der Waals surface area contributed by atoms with E-state index in [9.17, 15) is 25.2 Å². The van der Waals surface area contributed by atoms with E-state index in [1.165, 1.54) is 7.11 Å². The molecule has 0 radical (unpaired) electrons. The number of hydrogen-bond donors (Lipinski definition) is 4. The molecule has 9 nitrogen and oxygen atoms in total. The van der Waals surface area contributed by atoms with E-state index < -0.39 is 41.9 Å². The summed E-state index contributed by atoms with van der Waals surface area (Å²) in [4.78, 5) is 11.8. The van der Waals surface area contributed by atoms with Gasteiger partial charge in [0.1, 0.15) is 24.9 Å². The van der Waals surface area contributed by atoms with E-state index in [4.69, 9.17) is 18.9 Å². The van der Waals surface area contributed by atoms with Crippen LogP contribution in [-0.4, -0.2) is 88.1 Å². The molecule has 0 amide bonds. The third kappa shape index (κ3) is 3.94. The number of aliphatic hydroxyl groups excluding tert-OH is 2. The highest BCUT2D eigenvalue weighted by molar-refractivity contribution is 5.85. The van der Waals surface area contributed by atoms with Gasteiger partial charge in [-0.15, -0.1) is 0 Å². The minimum Gasteiger partial charge on any atom is -0.458 e. The van der Waals surface area contributed by atoms with E-state index >= 15 is 0 Å². The molecule has 13 atom stereocenters. The molecule has 6 aliphatic rings. The topological polar surface area (TPSA) is 135 Å². The first-order valence-corrected chi connectivity index (χ1v) is 14.9. The summed E-state index contributed by atoms with van der Waals surface area (Å²) in [6.07, 6.45) is 3.58. The van der Waals surface area contributed by atoms with Crippen molar-refractivity contribution in [1.82, 2.24) is 0 Å². The largest absolute Gasteiger partial charge is 0.458 e. The maximum Gasteiger partial charge on any atom is 0.331 e. The fourth-order valence-corrected chi connectivity index (χ4v) is 10.1. The molecular weight excluding hydrogens is 504 g/mol. The lowest BCUT2D eigenvalue weighted by Gasteiger charge is -2.66. The van der Waals surface area contributed by atoms with Gasteiger partial charge in [-0.05, 0) is 87.0 Å². The normalized spacial score (nSPS) is 55.3. The molecule has 0 aromatic rings. The van der Waals surface area contributed by atoms with Gasteiger partial charge in [-0.1, -0.05) is 13.8 Å². The van der Waals surface area contributed by atoms with Crippen molar-refractivity contribution in [3.63, 3.8) is 0 Å². The first-order chi connectivity index (χ1) is 18.4. The van der Waals surface area contributed by atoms with Crippen LogP contribution >= 0.6 is 0 Å². The molecule has 2 heterocycles. The van der Waals surface area contributed by atoms with Crippen LogP contribution in [0.5, 0.6) is 0 Å². The first-order valence-electron chi connectivity index (χ1n) is 14.9. The number of ether oxygens (including phenoxy) is 4. The lowest BCUT2D eigenvalue weighted by atomic mass is 9.42. The van der Waals surface area contributed by atoms with Crippen molar-refractivity contribution < 1.29 is 44.2 Å². The van der Waals surface area contributed by atoms with Gasteiger partial charge in [-0.3, -0.25) is 0 Å². The van der Waals surface area contributed by atoms with Gasteiger partial charge in [0.05, 0.1) is 23.4 Å². The van der Waals surface area contributed by atoms with Gasteiger partial charge < -0.3 is 39.4 Å². The van der Waals surface area contributed by atoms with Crippen LogP contribution in [0.15, 0.2) is 11.6 Å². The van der Waals surface area contributed by atoms with Crippen molar-refractivity contribution >= 4 is 5.97 Å². The summed E-state index contributed by atoms with van der Waals surface area (Å²) in [5.41, 5.74) is -1.43. The van der Waals surface area contributed by atoms with E-state index in [2.05, 4.69) is 13.8 Å². The summed E-state index contributed by atoms with van der Waals surface area (Å²) in [5, 5.41) is 45.7. The summed E-state index contributed by atoms with van der Waals surface area (Å²) in [6.45, 7) is 6.48. The number of fused-ring (bicyclic) bond motifs is 5. The molecular formula is C30H46O9. The summed E-state index contributed by atoms with van der Waals surface area (Å²) in [5.74, 6) is 0.151. The van der Waals surface area contributed by atoms with Crippen molar-refractivity contribution in [2.75, 3.05) is 13.7 Å². The van der Waals surface area contributed by atoms with Crippen molar-refractivity contribution in [2.45, 2.75) is 127 Å². The Morgan fingerprint density at radius 1 is 0.949 bits per heavy atom. The fraction of sp³-hybridized carbons (Fsp3) is 0.900. The van der Waals surface area contributed by atoms with Crippen molar-refractivity contribution in [3.05, 3.63) is 11.6 Å². The molecule has 9 heteroatoms. The molecule has 220 valence electrons. The molecule has 5 fully saturated rings. The number of hydrogen-bond acceptors (Lipinski definition) is 9. The highest BCUT2D eigenvalue weighted by Gasteiger charge is 2.70. The highest BCUT2D eigenvalue weighted by Crippen LogP contribution is 2.70. The molecule has 0 spiro atoms. The zero-order valence-corrected chi connectivity index (χ0v) is 23.7. The number of carbonyl (C=O) groups excluding carboxylic acids is 1. The summed E-state index contributed by atoms with van der Waals surface area (Å²) in [6, 6.07) is 0. The number of aliphatic hydroxyl groups is 4. The van der Waals surface area contributed by atoms with Crippen molar-refractivity contribution in [3.8, 4) is 0 Å². The summed E-state index contributed by atoms with van der Waals surface area (Å²) < 4.78 is 22.6. The number of cyclic esters (lactones) is 1. The van der Waals surface area contributed by atoms with Crippen molar-refractivity contribution in [1.29, 1.82) is 0 Å². The minimum absolute atomic E-state index is 0.0934. The molecule has 1 saturated heterocycles. The molecule has 2 aliphatic heterocycles.